The molecule has 1 saturated carbocycles. The summed E-state index contributed by atoms with van der Waals surface area (Å²) in [6.45, 7) is 6.97. The first kappa shape index (κ1) is 16.3. The van der Waals surface area contributed by atoms with Crippen LogP contribution >= 0.6 is 15.9 Å². The number of amides is 1. The standard InChI is InChI=1S/C16H24BrN3O/c1-4-16(2,3)11-5-7-13(8-6-11)19-20-15(21)14-9-12(17)10-18-14/h9-11,18H,4-8H2,1-3H3,(H,20,21). The lowest BCUT2D eigenvalue weighted by molar-refractivity contribution is 0.0949. The van der Waals surface area contributed by atoms with Crippen LogP contribution in [0, 0.1) is 11.3 Å². The van der Waals surface area contributed by atoms with E-state index in [2.05, 4.69) is 52.2 Å². The Bertz CT molecular complexity index is 523. The third-order valence-electron chi connectivity index (χ3n) is 4.79. The summed E-state index contributed by atoms with van der Waals surface area (Å²) in [6, 6.07) is 1.75. The van der Waals surface area contributed by atoms with Gasteiger partial charge in [-0.25, -0.2) is 5.43 Å². The van der Waals surface area contributed by atoms with Gasteiger partial charge in [-0.05, 0) is 59.0 Å². The normalized spacial score (nSPS) is 19.4. The van der Waals surface area contributed by atoms with Crippen LogP contribution in [0.25, 0.3) is 0 Å². The van der Waals surface area contributed by atoms with Crippen molar-refractivity contribution in [2.45, 2.75) is 52.9 Å². The predicted octanol–water partition coefficient (Wildman–Crippen LogP) is 4.49. The second kappa shape index (κ2) is 6.77. The summed E-state index contributed by atoms with van der Waals surface area (Å²) >= 11 is 3.31. The Morgan fingerprint density at radius 2 is 2.14 bits per heavy atom. The maximum Gasteiger partial charge on any atom is 0.287 e. The van der Waals surface area contributed by atoms with Crippen LogP contribution in [-0.4, -0.2) is 16.6 Å². The molecular formula is C16H24BrN3O. The average Bonchev–Trinajstić information content (AvgIpc) is 2.92. The van der Waals surface area contributed by atoms with Crippen molar-refractivity contribution in [3.8, 4) is 0 Å². The summed E-state index contributed by atoms with van der Waals surface area (Å²) in [5.74, 6) is 0.570. The summed E-state index contributed by atoms with van der Waals surface area (Å²) < 4.78 is 0.864. The number of aromatic amines is 1. The van der Waals surface area contributed by atoms with Crippen molar-refractivity contribution in [2.24, 2.45) is 16.4 Å². The highest BCUT2D eigenvalue weighted by atomic mass is 79.9. The second-order valence-electron chi connectivity index (χ2n) is 6.47. The zero-order chi connectivity index (χ0) is 15.5. The number of hydrazone groups is 1. The van der Waals surface area contributed by atoms with Gasteiger partial charge in [0.2, 0.25) is 0 Å². The first-order valence-electron chi connectivity index (χ1n) is 7.62. The molecule has 1 amide bonds. The number of rotatable bonds is 4. The molecule has 1 aliphatic rings. The molecule has 1 heterocycles. The molecule has 1 fully saturated rings. The number of halogens is 1. The maximum atomic E-state index is 11.9. The van der Waals surface area contributed by atoms with E-state index in [1.54, 1.807) is 12.3 Å². The lowest BCUT2D eigenvalue weighted by Crippen LogP contribution is -2.29. The topological polar surface area (TPSA) is 57.2 Å². The van der Waals surface area contributed by atoms with Crippen LogP contribution in [0.15, 0.2) is 21.8 Å². The summed E-state index contributed by atoms with van der Waals surface area (Å²) in [7, 11) is 0. The molecule has 1 aromatic rings. The molecule has 0 saturated heterocycles. The van der Waals surface area contributed by atoms with Crippen LogP contribution < -0.4 is 5.43 Å². The van der Waals surface area contributed by atoms with E-state index in [1.165, 1.54) is 19.3 Å². The molecule has 116 valence electrons. The van der Waals surface area contributed by atoms with Crippen LogP contribution in [0.3, 0.4) is 0 Å². The highest BCUT2D eigenvalue weighted by molar-refractivity contribution is 9.10. The lowest BCUT2D eigenvalue weighted by Gasteiger charge is -2.36. The molecule has 5 heteroatoms. The molecular weight excluding hydrogens is 330 g/mol. The summed E-state index contributed by atoms with van der Waals surface area (Å²) in [4.78, 5) is 14.8. The van der Waals surface area contributed by atoms with Crippen LogP contribution in [0.4, 0.5) is 0 Å². The van der Waals surface area contributed by atoms with Crippen molar-refractivity contribution in [1.29, 1.82) is 0 Å². The van der Waals surface area contributed by atoms with E-state index in [0.29, 0.717) is 11.1 Å². The molecule has 0 unspecified atom stereocenters. The van der Waals surface area contributed by atoms with Crippen LogP contribution in [0.5, 0.6) is 0 Å². The van der Waals surface area contributed by atoms with Gasteiger partial charge in [0.15, 0.2) is 0 Å². The van der Waals surface area contributed by atoms with Crippen LogP contribution in [-0.2, 0) is 0 Å². The first-order valence-corrected chi connectivity index (χ1v) is 8.41. The second-order valence-corrected chi connectivity index (χ2v) is 7.38. The number of nitrogens with zero attached hydrogens (tertiary/aromatic N) is 1. The Morgan fingerprint density at radius 3 is 2.67 bits per heavy atom. The van der Waals surface area contributed by atoms with Gasteiger partial charge in [0.1, 0.15) is 5.69 Å². The molecule has 1 aromatic heterocycles. The Labute approximate surface area is 134 Å². The SMILES string of the molecule is CCC(C)(C)C1CCC(=NNC(=O)c2cc(Br)c[nH]2)CC1. The molecule has 2 rings (SSSR count). The summed E-state index contributed by atoms with van der Waals surface area (Å²) in [6.07, 6.45) is 7.27. The van der Waals surface area contributed by atoms with Crippen molar-refractivity contribution in [1.82, 2.24) is 10.4 Å². The van der Waals surface area contributed by atoms with E-state index >= 15 is 0 Å². The van der Waals surface area contributed by atoms with Gasteiger partial charge in [0, 0.05) is 16.4 Å². The molecule has 0 aromatic carbocycles. The third kappa shape index (κ3) is 4.19. The average molecular weight is 354 g/mol. The Morgan fingerprint density at radius 1 is 1.48 bits per heavy atom. The highest BCUT2D eigenvalue weighted by Gasteiger charge is 2.30. The molecule has 4 nitrogen and oxygen atoms in total. The number of aromatic nitrogens is 1. The quantitative estimate of drug-likeness (QED) is 0.769. The van der Waals surface area contributed by atoms with E-state index in [1.807, 2.05) is 0 Å². The number of hydrogen-bond donors (Lipinski definition) is 2. The Hall–Kier alpha value is -1.10. The van der Waals surface area contributed by atoms with Gasteiger partial charge in [-0.1, -0.05) is 27.2 Å². The van der Waals surface area contributed by atoms with E-state index in [4.69, 9.17) is 0 Å². The highest BCUT2D eigenvalue weighted by Crippen LogP contribution is 2.39. The number of carbonyl (C=O) groups excluding carboxylic acids is 1. The number of hydrogen-bond acceptors (Lipinski definition) is 2. The van der Waals surface area contributed by atoms with Crippen molar-refractivity contribution in [3.63, 3.8) is 0 Å². The Kier molecular flexibility index (Phi) is 5.25. The monoisotopic (exact) mass is 353 g/mol. The summed E-state index contributed by atoms with van der Waals surface area (Å²) in [5.41, 5.74) is 4.68. The zero-order valence-electron chi connectivity index (χ0n) is 13.0. The van der Waals surface area contributed by atoms with Crippen LogP contribution in [0.1, 0.15) is 63.4 Å². The maximum absolute atomic E-state index is 11.9. The minimum absolute atomic E-state index is 0.191. The predicted molar refractivity (Wildman–Crippen MR) is 89.4 cm³/mol. The fraction of sp³-hybridized carbons (Fsp3) is 0.625. The van der Waals surface area contributed by atoms with Gasteiger partial charge in [-0.3, -0.25) is 4.79 Å². The number of nitrogens with one attached hydrogen (secondary N) is 2. The smallest absolute Gasteiger partial charge is 0.287 e. The fourth-order valence-corrected chi connectivity index (χ4v) is 3.17. The van der Waals surface area contributed by atoms with E-state index < -0.39 is 0 Å². The van der Waals surface area contributed by atoms with Crippen LogP contribution in [0.2, 0.25) is 0 Å². The first-order chi connectivity index (χ1) is 9.92. The molecule has 0 atom stereocenters. The zero-order valence-corrected chi connectivity index (χ0v) is 14.6. The van der Waals surface area contributed by atoms with Crippen molar-refractivity contribution in [3.05, 3.63) is 22.4 Å². The van der Waals surface area contributed by atoms with Gasteiger partial charge in [0.25, 0.3) is 5.91 Å². The molecule has 1 aliphatic carbocycles. The van der Waals surface area contributed by atoms with Gasteiger partial charge >= 0.3 is 0 Å². The largest absolute Gasteiger partial charge is 0.356 e. The molecule has 0 aliphatic heterocycles. The molecule has 0 bridgehead atoms. The molecule has 0 radical (unpaired) electrons. The number of H-pyrrole nitrogens is 1. The minimum Gasteiger partial charge on any atom is -0.356 e. The van der Waals surface area contributed by atoms with Crippen molar-refractivity contribution < 1.29 is 4.79 Å². The van der Waals surface area contributed by atoms with Gasteiger partial charge in [-0.15, -0.1) is 0 Å². The van der Waals surface area contributed by atoms with Gasteiger partial charge in [0.05, 0.1) is 0 Å². The van der Waals surface area contributed by atoms with E-state index in [9.17, 15) is 4.79 Å². The lowest BCUT2D eigenvalue weighted by atomic mass is 9.69. The minimum atomic E-state index is -0.191. The number of carbonyl (C=O) groups is 1. The van der Waals surface area contributed by atoms with E-state index in [0.717, 1.165) is 28.9 Å². The van der Waals surface area contributed by atoms with Crippen molar-refractivity contribution >= 4 is 27.5 Å². The molecule has 0 spiro atoms. The third-order valence-corrected chi connectivity index (χ3v) is 5.24. The summed E-state index contributed by atoms with van der Waals surface area (Å²) in [5, 5.41) is 4.29. The van der Waals surface area contributed by atoms with E-state index in [-0.39, 0.29) is 5.91 Å². The fourth-order valence-electron chi connectivity index (χ4n) is 2.82. The van der Waals surface area contributed by atoms with Gasteiger partial charge < -0.3 is 4.98 Å². The van der Waals surface area contributed by atoms with Crippen molar-refractivity contribution in [2.75, 3.05) is 0 Å². The molecule has 21 heavy (non-hydrogen) atoms. The van der Waals surface area contributed by atoms with Gasteiger partial charge in [-0.2, -0.15) is 5.10 Å². The molecule has 2 N–H and O–H groups in total. The Balaban J connectivity index is 1.86.